The largest absolute Gasteiger partial charge is 0.496 e. The molecule has 0 amide bonds. The monoisotopic (exact) mass is 379 g/mol. The molecule has 0 bridgehead atoms. The molecule has 2 atom stereocenters. The molecule has 0 saturated heterocycles. The number of methoxy groups -OCH3 is 1. The molecular formula is C12H15Br2NO3. The number of benzene rings is 1. The molecule has 2 unspecified atom stereocenters. The zero-order valence-electron chi connectivity index (χ0n) is 10.4. The first kappa shape index (κ1) is 14.1. The Bertz CT molecular complexity index is 453. The highest BCUT2D eigenvalue weighted by Gasteiger charge is 2.37. The summed E-state index contributed by atoms with van der Waals surface area (Å²) in [6.07, 6.45) is 0.927. The number of nitrogens with one attached hydrogen (secondary N) is 1. The van der Waals surface area contributed by atoms with Crippen molar-refractivity contribution in [1.82, 2.24) is 5.48 Å². The summed E-state index contributed by atoms with van der Waals surface area (Å²) in [5.41, 5.74) is 4.01. The molecule has 1 aliphatic heterocycles. The minimum Gasteiger partial charge on any atom is -0.496 e. The van der Waals surface area contributed by atoms with Gasteiger partial charge in [0.15, 0.2) is 0 Å². The van der Waals surface area contributed by atoms with Crippen LogP contribution in [-0.2, 0) is 4.84 Å². The lowest BCUT2D eigenvalue weighted by Gasteiger charge is -2.18. The van der Waals surface area contributed by atoms with Crippen LogP contribution in [0.2, 0.25) is 0 Å². The van der Waals surface area contributed by atoms with E-state index < -0.39 is 0 Å². The van der Waals surface area contributed by atoms with Gasteiger partial charge >= 0.3 is 0 Å². The van der Waals surface area contributed by atoms with E-state index in [-0.39, 0.29) is 12.1 Å². The molecule has 0 aliphatic carbocycles. The van der Waals surface area contributed by atoms with E-state index in [0.29, 0.717) is 0 Å². The van der Waals surface area contributed by atoms with Crippen LogP contribution in [-0.4, -0.2) is 20.3 Å². The van der Waals surface area contributed by atoms with Gasteiger partial charge < -0.3 is 14.3 Å². The molecule has 1 aromatic carbocycles. The van der Waals surface area contributed by atoms with E-state index >= 15 is 0 Å². The molecule has 1 heterocycles. The van der Waals surface area contributed by atoms with Crippen LogP contribution in [0.25, 0.3) is 0 Å². The smallest absolute Gasteiger partial charge is 0.140 e. The van der Waals surface area contributed by atoms with Gasteiger partial charge in [-0.2, -0.15) is 5.48 Å². The maximum atomic E-state index is 5.96. The summed E-state index contributed by atoms with van der Waals surface area (Å²) in [7, 11) is 3.25. The van der Waals surface area contributed by atoms with Gasteiger partial charge in [0.05, 0.1) is 29.2 Å². The fourth-order valence-corrected chi connectivity index (χ4v) is 3.36. The maximum Gasteiger partial charge on any atom is 0.140 e. The summed E-state index contributed by atoms with van der Waals surface area (Å²) >= 11 is 7.09. The van der Waals surface area contributed by atoms with Crippen molar-refractivity contribution < 1.29 is 14.3 Å². The molecule has 1 aromatic rings. The van der Waals surface area contributed by atoms with Crippen LogP contribution in [0.5, 0.6) is 11.5 Å². The number of hydrogen-bond acceptors (Lipinski definition) is 4. The van der Waals surface area contributed by atoms with Gasteiger partial charge in [-0.25, -0.2) is 0 Å². The third kappa shape index (κ3) is 2.27. The summed E-state index contributed by atoms with van der Waals surface area (Å²) in [6.45, 7) is 2.08. The third-order valence-electron chi connectivity index (χ3n) is 2.99. The van der Waals surface area contributed by atoms with Crippen LogP contribution in [0.4, 0.5) is 0 Å². The van der Waals surface area contributed by atoms with E-state index in [4.69, 9.17) is 14.3 Å². The molecule has 0 aromatic heterocycles. The molecule has 0 spiro atoms. The zero-order valence-corrected chi connectivity index (χ0v) is 13.6. The molecule has 1 aliphatic rings. The Hall–Kier alpha value is -0.300. The minimum absolute atomic E-state index is 0.0178. The first-order valence-electron chi connectivity index (χ1n) is 5.65. The topological polar surface area (TPSA) is 39.7 Å². The van der Waals surface area contributed by atoms with Crippen LogP contribution in [0.1, 0.15) is 24.9 Å². The molecule has 0 fully saturated rings. The van der Waals surface area contributed by atoms with Crippen molar-refractivity contribution in [3.8, 4) is 11.5 Å². The predicted octanol–water partition coefficient (Wildman–Crippen LogP) is 3.58. The van der Waals surface area contributed by atoms with E-state index in [9.17, 15) is 0 Å². The highest BCUT2D eigenvalue weighted by Crippen LogP contribution is 2.50. The number of halogens is 2. The van der Waals surface area contributed by atoms with Crippen molar-refractivity contribution in [2.45, 2.75) is 25.5 Å². The Morgan fingerprint density at radius 1 is 1.39 bits per heavy atom. The quantitative estimate of drug-likeness (QED) is 0.810. The van der Waals surface area contributed by atoms with Crippen LogP contribution in [0.3, 0.4) is 0 Å². The van der Waals surface area contributed by atoms with E-state index in [0.717, 1.165) is 32.4 Å². The summed E-state index contributed by atoms with van der Waals surface area (Å²) in [5, 5.41) is 0. The van der Waals surface area contributed by atoms with Crippen molar-refractivity contribution >= 4 is 31.9 Å². The number of fused-ring (bicyclic) bond motifs is 1. The van der Waals surface area contributed by atoms with Gasteiger partial charge in [-0.05, 0) is 44.3 Å². The lowest BCUT2D eigenvalue weighted by Crippen LogP contribution is -2.29. The molecule has 2 rings (SSSR count). The molecule has 0 saturated carbocycles. The van der Waals surface area contributed by atoms with E-state index in [1.54, 1.807) is 14.2 Å². The lowest BCUT2D eigenvalue weighted by molar-refractivity contribution is 0.0281. The molecule has 4 nitrogen and oxygen atoms in total. The van der Waals surface area contributed by atoms with Crippen LogP contribution < -0.4 is 15.0 Å². The second-order valence-electron chi connectivity index (χ2n) is 3.98. The van der Waals surface area contributed by atoms with Crippen molar-refractivity contribution in [3.63, 3.8) is 0 Å². The predicted molar refractivity (Wildman–Crippen MR) is 76.0 cm³/mol. The van der Waals surface area contributed by atoms with E-state index in [1.807, 2.05) is 6.07 Å². The molecule has 1 N–H and O–H groups in total. The van der Waals surface area contributed by atoms with Gasteiger partial charge in [0.25, 0.3) is 0 Å². The maximum absolute atomic E-state index is 5.96. The van der Waals surface area contributed by atoms with Crippen molar-refractivity contribution in [2.24, 2.45) is 0 Å². The van der Waals surface area contributed by atoms with Gasteiger partial charge in [0.2, 0.25) is 0 Å². The van der Waals surface area contributed by atoms with Gasteiger partial charge in [0, 0.05) is 5.56 Å². The van der Waals surface area contributed by atoms with Crippen LogP contribution in [0, 0.1) is 0 Å². The van der Waals surface area contributed by atoms with Gasteiger partial charge in [0.1, 0.15) is 17.6 Å². The van der Waals surface area contributed by atoms with Crippen molar-refractivity contribution in [2.75, 3.05) is 14.2 Å². The first-order chi connectivity index (χ1) is 8.63. The van der Waals surface area contributed by atoms with Gasteiger partial charge in [-0.15, -0.1) is 0 Å². The van der Waals surface area contributed by atoms with Crippen LogP contribution >= 0.6 is 31.9 Å². The highest BCUT2D eigenvalue weighted by atomic mass is 79.9. The molecule has 100 valence electrons. The fraction of sp³-hybridized carbons (Fsp3) is 0.500. The Morgan fingerprint density at radius 2 is 2.11 bits per heavy atom. The van der Waals surface area contributed by atoms with Crippen molar-refractivity contribution in [3.05, 3.63) is 20.6 Å². The zero-order chi connectivity index (χ0) is 13.3. The van der Waals surface area contributed by atoms with Gasteiger partial charge in [-0.1, -0.05) is 6.92 Å². The third-order valence-corrected chi connectivity index (χ3v) is 4.40. The Labute approximate surface area is 123 Å². The summed E-state index contributed by atoms with van der Waals surface area (Å²) in [4.78, 5) is 5.08. The van der Waals surface area contributed by atoms with E-state index in [1.165, 1.54) is 0 Å². The second kappa shape index (κ2) is 5.77. The van der Waals surface area contributed by atoms with Crippen molar-refractivity contribution in [1.29, 1.82) is 0 Å². The highest BCUT2D eigenvalue weighted by molar-refractivity contribution is 9.11. The average Bonchev–Trinajstić information content (AvgIpc) is 2.74. The first-order valence-corrected chi connectivity index (χ1v) is 7.23. The van der Waals surface area contributed by atoms with Gasteiger partial charge in [-0.3, -0.25) is 0 Å². The number of rotatable bonds is 4. The standard InChI is InChI=1S/C12H15Br2NO3/c1-4-7-11(15-17-3)9-10(14)8(16-2)5-6(13)12(9)18-7/h5,7,11,15H,4H2,1-3H3. The molecule has 0 radical (unpaired) electrons. The summed E-state index contributed by atoms with van der Waals surface area (Å²) in [5.74, 6) is 1.60. The fourth-order valence-electron chi connectivity index (χ4n) is 2.14. The Morgan fingerprint density at radius 3 is 2.67 bits per heavy atom. The minimum atomic E-state index is -0.0178. The van der Waals surface area contributed by atoms with E-state index in [2.05, 4.69) is 44.3 Å². The Kier molecular flexibility index (Phi) is 4.53. The number of ether oxygens (including phenoxy) is 2. The molecule has 6 heteroatoms. The second-order valence-corrected chi connectivity index (χ2v) is 5.63. The normalized spacial score (nSPS) is 21.6. The number of hydroxylamine groups is 1. The summed E-state index contributed by atoms with van der Waals surface area (Å²) in [6, 6.07) is 1.88. The lowest BCUT2D eigenvalue weighted by atomic mass is 10.0. The van der Waals surface area contributed by atoms with Crippen LogP contribution in [0.15, 0.2) is 15.0 Å². The molecular weight excluding hydrogens is 366 g/mol. The Balaban J connectivity index is 2.53. The SMILES string of the molecule is CCC1Oc2c(Br)cc(OC)c(Br)c2C1NOC. The number of hydrogen-bond donors (Lipinski definition) is 1. The molecule has 18 heavy (non-hydrogen) atoms. The summed E-state index contributed by atoms with van der Waals surface area (Å²) < 4.78 is 13.1. The average molecular weight is 381 g/mol.